The summed E-state index contributed by atoms with van der Waals surface area (Å²) in [6.45, 7) is 0.470. The molecule has 0 saturated heterocycles. The summed E-state index contributed by atoms with van der Waals surface area (Å²) in [5.74, 6) is 0.709. The SMILES string of the molecule is Cn1cnnc1CCNC(=O)c1ccc(I)c(O)c1. The van der Waals surface area contributed by atoms with Crippen LogP contribution in [-0.2, 0) is 13.5 Å². The maximum Gasteiger partial charge on any atom is 0.251 e. The zero-order valence-electron chi connectivity index (χ0n) is 10.3. The number of rotatable bonds is 4. The van der Waals surface area contributed by atoms with Gasteiger partial charge < -0.3 is 15.0 Å². The van der Waals surface area contributed by atoms with Crippen molar-refractivity contribution >= 4 is 28.5 Å². The lowest BCUT2D eigenvalue weighted by Crippen LogP contribution is -2.26. The number of aryl methyl sites for hydroxylation is 1. The molecule has 0 saturated carbocycles. The van der Waals surface area contributed by atoms with Crippen LogP contribution in [0.4, 0.5) is 0 Å². The van der Waals surface area contributed by atoms with Gasteiger partial charge in [0, 0.05) is 25.6 Å². The van der Waals surface area contributed by atoms with E-state index in [1.807, 2.05) is 34.2 Å². The van der Waals surface area contributed by atoms with Crippen molar-refractivity contribution < 1.29 is 9.90 Å². The van der Waals surface area contributed by atoms with E-state index in [-0.39, 0.29) is 11.7 Å². The van der Waals surface area contributed by atoms with Gasteiger partial charge in [-0.15, -0.1) is 10.2 Å². The Kier molecular flexibility index (Phi) is 4.35. The number of hydrogen-bond donors (Lipinski definition) is 2. The van der Waals surface area contributed by atoms with E-state index in [2.05, 4.69) is 15.5 Å². The van der Waals surface area contributed by atoms with E-state index >= 15 is 0 Å². The van der Waals surface area contributed by atoms with Crippen LogP contribution in [-0.4, -0.2) is 32.3 Å². The molecule has 2 N–H and O–H groups in total. The van der Waals surface area contributed by atoms with Crippen LogP contribution in [0, 0.1) is 3.57 Å². The lowest BCUT2D eigenvalue weighted by atomic mass is 10.2. The van der Waals surface area contributed by atoms with Gasteiger partial charge in [0.15, 0.2) is 0 Å². The minimum atomic E-state index is -0.214. The normalized spacial score (nSPS) is 10.4. The molecule has 2 rings (SSSR count). The molecular formula is C12H13IN4O2. The number of nitrogens with one attached hydrogen (secondary N) is 1. The topological polar surface area (TPSA) is 80.0 Å². The van der Waals surface area contributed by atoms with Crippen molar-refractivity contribution in [1.29, 1.82) is 0 Å². The average molecular weight is 372 g/mol. The first-order valence-corrected chi connectivity index (χ1v) is 6.75. The quantitative estimate of drug-likeness (QED) is 0.788. The third-order valence-corrected chi connectivity index (χ3v) is 3.56. The lowest BCUT2D eigenvalue weighted by Gasteiger charge is -2.06. The fourth-order valence-corrected chi connectivity index (χ4v) is 1.91. The van der Waals surface area contributed by atoms with Crippen LogP contribution in [0.25, 0.3) is 0 Å². The first kappa shape index (κ1) is 13.8. The van der Waals surface area contributed by atoms with Gasteiger partial charge in [-0.2, -0.15) is 0 Å². The molecule has 100 valence electrons. The molecule has 0 atom stereocenters. The van der Waals surface area contributed by atoms with Crippen LogP contribution in [0.1, 0.15) is 16.2 Å². The van der Waals surface area contributed by atoms with E-state index in [4.69, 9.17) is 0 Å². The van der Waals surface area contributed by atoms with Crippen LogP contribution in [0.15, 0.2) is 24.5 Å². The molecule has 19 heavy (non-hydrogen) atoms. The van der Waals surface area contributed by atoms with Gasteiger partial charge in [-0.1, -0.05) is 0 Å². The molecule has 1 heterocycles. The van der Waals surface area contributed by atoms with Crippen molar-refractivity contribution in [2.24, 2.45) is 7.05 Å². The summed E-state index contributed by atoms with van der Waals surface area (Å²) < 4.78 is 2.52. The number of halogens is 1. The molecule has 0 aliphatic heterocycles. The van der Waals surface area contributed by atoms with Crippen molar-refractivity contribution in [3.05, 3.63) is 39.5 Å². The first-order chi connectivity index (χ1) is 9.08. The fourth-order valence-electron chi connectivity index (χ4n) is 1.58. The predicted octanol–water partition coefficient (Wildman–Crippen LogP) is 1.10. The molecule has 1 aromatic heterocycles. The number of carbonyl (C=O) groups is 1. The molecular weight excluding hydrogens is 359 g/mol. The number of hydrogen-bond acceptors (Lipinski definition) is 4. The van der Waals surface area contributed by atoms with E-state index < -0.39 is 0 Å². The zero-order valence-corrected chi connectivity index (χ0v) is 12.5. The Balaban J connectivity index is 1.91. The van der Waals surface area contributed by atoms with Crippen LogP contribution in [0.3, 0.4) is 0 Å². The molecule has 0 aliphatic carbocycles. The van der Waals surface area contributed by atoms with Gasteiger partial charge >= 0.3 is 0 Å². The maximum atomic E-state index is 11.9. The minimum absolute atomic E-state index is 0.113. The third-order valence-electron chi connectivity index (χ3n) is 2.65. The van der Waals surface area contributed by atoms with Crippen LogP contribution in [0.2, 0.25) is 0 Å². The summed E-state index contributed by atoms with van der Waals surface area (Å²) >= 11 is 2.00. The molecule has 0 radical (unpaired) electrons. The Morgan fingerprint density at radius 3 is 2.95 bits per heavy atom. The second-order valence-corrected chi connectivity index (χ2v) is 5.19. The molecule has 0 fully saturated rings. The molecule has 0 spiro atoms. The summed E-state index contributed by atoms with van der Waals surface area (Å²) in [6, 6.07) is 4.84. The molecule has 1 amide bonds. The van der Waals surface area contributed by atoms with E-state index in [0.717, 1.165) is 5.82 Å². The second kappa shape index (κ2) is 6.00. The summed E-state index contributed by atoms with van der Waals surface area (Å²) in [5.41, 5.74) is 0.441. The number of amides is 1. The number of aromatic hydroxyl groups is 1. The maximum absolute atomic E-state index is 11.9. The van der Waals surface area contributed by atoms with Crippen LogP contribution in [0.5, 0.6) is 5.75 Å². The number of phenols is 1. The Bertz CT molecular complexity index is 597. The highest BCUT2D eigenvalue weighted by Gasteiger charge is 2.08. The van der Waals surface area contributed by atoms with Gasteiger partial charge in [-0.05, 0) is 40.8 Å². The van der Waals surface area contributed by atoms with E-state index in [0.29, 0.717) is 22.1 Å². The van der Waals surface area contributed by atoms with Crippen molar-refractivity contribution in [3.8, 4) is 5.75 Å². The number of benzene rings is 1. The summed E-state index contributed by atoms with van der Waals surface area (Å²) in [7, 11) is 1.86. The van der Waals surface area contributed by atoms with Gasteiger partial charge in [0.2, 0.25) is 0 Å². The predicted molar refractivity (Wildman–Crippen MR) is 77.9 cm³/mol. The Morgan fingerprint density at radius 1 is 1.53 bits per heavy atom. The van der Waals surface area contributed by atoms with Crippen molar-refractivity contribution in [3.63, 3.8) is 0 Å². The highest BCUT2D eigenvalue weighted by Crippen LogP contribution is 2.20. The summed E-state index contributed by atoms with van der Waals surface area (Å²) in [6.07, 6.45) is 2.23. The second-order valence-electron chi connectivity index (χ2n) is 4.03. The monoisotopic (exact) mass is 372 g/mol. The van der Waals surface area contributed by atoms with E-state index in [1.54, 1.807) is 18.5 Å². The largest absolute Gasteiger partial charge is 0.507 e. The van der Waals surface area contributed by atoms with Crippen LogP contribution < -0.4 is 5.32 Å². The standard InChI is InChI=1S/C12H13IN4O2/c1-17-7-15-16-11(17)4-5-14-12(19)8-2-3-9(13)10(18)6-8/h2-3,6-7,18H,4-5H2,1H3,(H,14,19). The van der Waals surface area contributed by atoms with Gasteiger partial charge in [0.25, 0.3) is 5.91 Å². The van der Waals surface area contributed by atoms with E-state index in [9.17, 15) is 9.90 Å². The molecule has 0 unspecified atom stereocenters. The average Bonchev–Trinajstić information content (AvgIpc) is 2.78. The summed E-state index contributed by atoms with van der Waals surface area (Å²) in [4.78, 5) is 11.9. The van der Waals surface area contributed by atoms with Crippen molar-refractivity contribution in [1.82, 2.24) is 20.1 Å². The number of carbonyl (C=O) groups excluding carboxylic acids is 1. The van der Waals surface area contributed by atoms with Crippen molar-refractivity contribution in [2.75, 3.05) is 6.54 Å². The van der Waals surface area contributed by atoms with Gasteiger partial charge in [-0.25, -0.2) is 0 Å². The highest BCUT2D eigenvalue weighted by molar-refractivity contribution is 14.1. The first-order valence-electron chi connectivity index (χ1n) is 5.67. The number of aromatic nitrogens is 3. The lowest BCUT2D eigenvalue weighted by molar-refractivity contribution is 0.0953. The molecule has 0 bridgehead atoms. The number of phenolic OH excluding ortho intramolecular Hbond substituents is 1. The third kappa shape index (κ3) is 3.43. The van der Waals surface area contributed by atoms with Gasteiger partial charge in [0.05, 0.1) is 3.57 Å². The fraction of sp³-hybridized carbons (Fsp3) is 0.250. The Morgan fingerprint density at radius 2 is 2.32 bits per heavy atom. The molecule has 0 aliphatic rings. The smallest absolute Gasteiger partial charge is 0.251 e. The van der Waals surface area contributed by atoms with Gasteiger partial charge in [-0.3, -0.25) is 4.79 Å². The molecule has 1 aromatic carbocycles. The summed E-state index contributed by atoms with van der Waals surface area (Å²) in [5, 5.41) is 20.0. The highest BCUT2D eigenvalue weighted by atomic mass is 127. The number of nitrogens with zero attached hydrogens (tertiary/aromatic N) is 3. The van der Waals surface area contributed by atoms with E-state index in [1.165, 1.54) is 6.07 Å². The zero-order chi connectivity index (χ0) is 13.8. The Labute approximate surface area is 124 Å². The van der Waals surface area contributed by atoms with Crippen molar-refractivity contribution in [2.45, 2.75) is 6.42 Å². The Hall–Kier alpha value is -1.64. The van der Waals surface area contributed by atoms with Crippen LogP contribution >= 0.6 is 22.6 Å². The minimum Gasteiger partial charge on any atom is -0.507 e. The molecule has 6 nitrogen and oxygen atoms in total. The molecule has 7 heteroatoms. The molecule has 2 aromatic rings. The van der Waals surface area contributed by atoms with Gasteiger partial charge in [0.1, 0.15) is 17.9 Å².